The van der Waals surface area contributed by atoms with Crippen molar-refractivity contribution in [1.29, 1.82) is 0 Å². The van der Waals surface area contributed by atoms with Crippen LogP contribution in [0.1, 0.15) is 37.6 Å². The second kappa shape index (κ2) is 2.33. The molecule has 0 radical (unpaired) electrons. The van der Waals surface area contributed by atoms with Gasteiger partial charge in [-0.3, -0.25) is 0 Å². The lowest BCUT2D eigenvalue weighted by Gasteiger charge is -2.31. The molecular weight excluding hydrogens is 152 g/mol. The largest absolute Gasteiger partial charge is 0.364 e. The minimum atomic E-state index is 0.0579. The van der Waals surface area contributed by atoms with Crippen molar-refractivity contribution in [2.75, 3.05) is 0 Å². The molecule has 0 fully saturated rings. The van der Waals surface area contributed by atoms with E-state index in [1.54, 1.807) is 6.26 Å². The van der Waals surface area contributed by atoms with Crippen molar-refractivity contribution in [3.8, 4) is 0 Å². The van der Waals surface area contributed by atoms with Crippen LogP contribution in [0.15, 0.2) is 10.8 Å². The first-order valence-electron chi connectivity index (χ1n) is 4.27. The van der Waals surface area contributed by atoms with Gasteiger partial charge in [0, 0.05) is 5.56 Å². The Morgan fingerprint density at radius 3 is 3.17 bits per heavy atom. The first-order chi connectivity index (χ1) is 5.58. The average Bonchev–Trinajstić information content (AvgIpc) is 2.31. The number of fused-ring (bicyclic) bond motifs is 1. The SMILES string of the molecule is CC1(C)Cc2conc2C(N)C1. The summed E-state index contributed by atoms with van der Waals surface area (Å²) < 4.78 is 4.90. The van der Waals surface area contributed by atoms with Gasteiger partial charge in [-0.05, 0) is 18.3 Å². The summed E-state index contributed by atoms with van der Waals surface area (Å²) in [5.41, 5.74) is 8.37. The molecule has 0 bridgehead atoms. The molecule has 0 spiro atoms. The lowest BCUT2D eigenvalue weighted by Crippen LogP contribution is -2.29. The van der Waals surface area contributed by atoms with Crippen molar-refractivity contribution in [3.05, 3.63) is 17.5 Å². The molecule has 66 valence electrons. The number of rotatable bonds is 0. The molecule has 2 N–H and O–H groups in total. The summed E-state index contributed by atoms with van der Waals surface area (Å²) in [6, 6.07) is 0.0579. The molecule has 1 atom stereocenters. The fourth-order valence-corrected chi connectivity index (χ4v) is 1.98. The summed E-state index contributed by atoms with van der Waals surface area (Å²) in [6.07, 6.45) is 3.74. The molecule has 0 saturated carbocycles. The Labute approximate surface area is 71.9 Å². The second-order valence-electron chi connectivity index (χ2n) is 4.38. The van der Waals surface area contributed by atoms with Gasteiger partial charge in [0.2, 0.25) is 0 Å². The quantitative estimate of drug-likeness (QED) is 0.637. The van der Waals surface area contributed by atoms with Crippen LogP contribution in [-0.2, 0) is 6.42 Å². The highest BCUT2D eigenvalue weighted by Crippen LogP contribution is 2.38. The zero-order chi connectivity index (χ0) is 8.77. The zero-order valence-corrected chi connectivity index (χ0v) is 7.50. The van der Waals surface area contributed by atoms with E-state index in [-0.39, 0.29) is 11.5 Å². The molecule has 0 aromatic carbocycles. The van der Waals surface area contributed by atoms with Gasteiger partial charge in [0.25, 0.3) is 0 Å². The first-order valence-corrected chi connectivity index (χ1v) is 4.27. The van der Waals surface area contributed by atoms with Gasteiger partial charge in [0.15, 0.2) is 0 Å². The van der Waals surface area contributed by atoms with E-state index in [4.69, 9.17) is 10.3 Å². The Bertz CT molecular complexity index is 290. The highest BCUT2D eigenvalue weighted by atomic mass is 16.5. The van der Waals surface area contributed by atoms with Crippen LogP contribution in [0, 0.1) is 5.41 Å². The fraction of sp³-hybridized carbons (Fsp3) is 0.667. The van der Waals surface area contributed by atoms with E-state index in [0.29, 0.717) is 0 Å². The van der Waals surface area contributed by atoms with E-state index >= 15 is 0 Å². The molecule has 2 rings (SSSR count). The fourth-order valence-electron chi connectivity index (χ4n) is 1.98. The Morgan fingerprint density at radius 1 is 1.67 bits per heavy atom. The van der Waals surface area contributed by atoms with Crippen molar-refractivity contribution in [2.24, 2.45) is 11.1 Å². The van der Waals surface area contributed by atoms with Gasteiger partial charge in [-0.25, -0.2) is 0 Å². The topological polar surface area (TPSA) is 52.0 Å². The van der Waals surface area contributed by atoms with Crippen LogP contribution in [0.5, 0.6) is 0 Å². The van der Waals surface area contributed by atoms with Gasteiger partial charge >= 0.3 is 0 Å². The average molecular weight is 166 g/mol. The highest BCUT2D eigenvalue weighted by Gasteiger charge is 2.32. The van der Waals surface area contributed by atoms with Gasteiger partial charge in [-0.2, -0.15) is 0 Å². The van der Waals surface area contributed by atoms with Crippen LogP contribution >= 0.6 is 0 Å². The predicted octanol–water partition coefficient (Wildman–Crippen LogP) is 1.65. The van der Waals surface area contributed by atoms with Crippen molar-refractivity contribution in [3.63, 3.8) is 0 Å². The Kier molecular flexibility index (Phi) is 1.51. The summed E-state index contributed by atoms with van der Waals surface area (Å²) in [4.78, 5) is 0. The van der Waals surface area contributed by atoms with Gasteiger partial charge in [-0.15, -0.1) is 0 Å². The van der Waals surface area contributed by atoms with Crippen LogP contribution in [0.2, 0.25) is 0 Å². The monoisotopic (exact) mass is 166 g/mol. The van der Waals surface area contributed by atoms with Crippen LogP contribution in [0.3, 0.4) is 0 Å². The lowest BCUT2D eigenvalue weighted by molar-refractivity contribution is 0.279. The third kappa shape index (κ3) is 1.14. The molecule has 0 aliphatic heterocycles. The van der Waals surface area contributed by atoms with E-state index in [1.807, 2.05) is 0 Å². The predicted molar refractivity (Wildman–Crippen MR) is 45.5 cm³/mol. The number of hydrogen-bond acceptors (Lipinski definition) is 3. The molecule has 1 aliphatic carbocycles. The van der Waals surface area contributed by atoms with Gasteiger partial charge in [0.1, 0.15) is 12.0 Å². The molecule has 1 unspecified atom stereocenters. The summed E-state index contributed by atoms with van der Waals surface area (Å²) in [6.45, 7) is 4.45. The zero-order valence-electron chi connectivity index (χ0n) is 7.50. The summed E-state index contributed by atoms with van der Waals surface area (Å²) in [5.74, 6) is 0. The molecule has 0 amide bonds. The molecular formula is C9H14N2O. The molecule has 1 aliphatic rings. The Hall–Kier alpha value is -0.830. The highest BCUT2D eigenvalue weighted by molar-refractivity contribution is 5.23. The standard InChI is InChI=1S/C9H14N2O/c1-9(2)3-6-5-12-11-8(6)7(10)4-9/h5,7H,3-4,10H2,1-2H3. The van der Waals surface area contributed by atoms with Gasteiger partial charge in [-0.1, -0.05) is 19.0 Å². The van der Waals surface area contributed by atoms with Gasteiger partial charge < -0.3 is 10.3 Å². The number of nitrogens with two attached hydrogens (primary N) is 1. The molecule has 0 saturated heterocycles. The number of nitrogens with zero attached hydrogens (tertiary/aromatic N) is 1. The molecule has 3 nitrogen and oxygen atoms in total. The third-order valence-corrected chi connectivity index (χ3v) is 2.47. The second-order valence-corrected chi connectivity index (χ2v) is 4.38. The van der Waals surface area contributed by atoms with Crippen molar-refractivity contribution < 1.29 is 4.52 Å². The maximum absolute atomic E-state index is 5.94. The molecule has 1 aromatic rings. The number of hydrogen-bond donors (Lipinski definition) is 1. The molecule has 1 heterocycles. The molecule has 1 aromatic heterocycles. The van der Waals surface area contributed by atoms with E-state index in [0.717, 1.165) is 18.5 Å². The maximum atomic E-state index is 5.94. The Morgan fingerprint density at radius 2 is 2.42 bits per heavy atom. The summed E-state index contributed by atoms with van der Waals surface area (Å²) in [7, 11) is 0. The van der Waals surface area contributed by atoms with E-state index in [1.165, 1.54) is 5.56 Å². The van der Waals surface area contributed by atoms with Gasteiger partial charge in [0.05, 0.1) is 6.04 Å². The smallest absolute Gasteiger partial charge is 0.127 e. The lowest BCUT2D eigenvalue weighted by atomic mass is 9.75. The minimum Gasteiger partial charge on any atom is -0.364 e. The third-order valence-electron chi connectivity index (χ3n) is 2.47. The summed E-state index contributed by atoms with van der Waals surface area (Å²) in [5, 5.41) is 3.90. The van der Waals surface area contributed by atoms with Crippen LogP contribution < -0.4 is 5.73 Å². The van der Waals surface area contributed by atoms with Crippen molar-refractivity contribution >= 4 is 0 Å². The minimum absolute atomic E-state index is 0.0579. The normalized spacial score (nSPS) is 26.8. The van der Waals surface area contributed by atoms with Crippen LogP contribution in [-0.4, -0.2) is 5.16 Å². The van der Waals surface area contributed by atoms with Crippen molar-refractivity contribution in [1.82, 2.24) is 5.16 Å². The molecule has 12 heavy (non-hydrogen) atoms. The number of aromatic nitrogens is 1. The van der Waals surface area contributed by atoms with E-state index < -0.39 is 0 Å². The van der Waals surface area contributed by atoms with Crippen molar-refractivity contribution in [2.45, 2.75) is 32.7 Å². The summed E-state index contributed by atoms with van der Waals surface area (Å²) >= 11 is 0. The molecule has 3 heteroatoms. The van der Waals surface area contributed by atoms with E-state index in [9.17, 15) is 0 Å². The maximum Gasteiger partial charge on any atom is 0.127 e. The van der Waals surface area contributed by atoms with Crippen LogP contribution in [0.25, 0.3) is 0 Å². The Balaban J connectivity index is 2.38. The van der Waals surface area contributed by atoms with Crippen LogP contribution in [0.4, 0.5) is 0 Å². The van der Waals surface area contributed by atoms with E-state index in [2.05, 4.69) is 19.0 Å². The first kappa shape index (κ1) is 7.80.